The number of rotatable bonds is 2. The van der Waals surface area contributed by atoms with Gasteiger partial charge in [-0.3, -0.25) is 4.79 Å². The second-order valence-corrected chi connectivity index (χ2v) is 6.78. The molecule has 17 heavy (non-hydrogen) atoms. The van der Waals surface area contributed by atoms with Crippen molar-refractivity contribution in [2.45, 2.75) is 26.2 Å². The van der Waals surface area contributed by atoms with Crippen LogP contribution >= 0.6 is 0 Å². The zero-order chi connectivity index (χ0) is 13.3. The first-order valence-electron chi connectivity index (χ1n) is 5.22. The van der Waals surface area contributed by atoms with Crippen LogP contribution in [0.25, 0.3) is 0 Å². The number of hydrogen-bond acceptors (Lipinski definition) is 3. The van der Waals surface area contributed by atoms with Gasteiger partial charge in [-0.15, -0.1) is 0 Å². The Balaban J connectivity index is 2.93. The largest absolute Gasteiger partial charge is 0.268 e. The van der Waals surface area contributed by atoms with Gasteiger partial charge >= 0.3 is 0 Å². The Morgan fingerprint density at radius 3 is 1.94 bits per heavy atom. The lowest BCUT2D eigenvalue weighted by molar-refractivity contribution is 0.0981. The molecule has 1 amide bonds. The molecule has 94 valence electrons. The Hall–Kier alpha value is -1.36. The Bertz CT molecular complexity index is 510. The predicted molar refractivity (Wildman–Crippen MR) is 67.5 cm³/mol. The molecule has 0 unspecified atom stereocenters. The van der Waals surface area contributed by atoms with Crippen LogP contribution in [-0.2, 0) is 15.4 Å². The van der Waals surface area contributed by atoms with Crippen LogP contribution < -0.4 is 4.72 Å². The van der Waals surface area contributed by atoms with Gasteiger partial charge in [0.25, 0.3) is 5.91 Å². The van der Waals surface area contributed by atoms with Gasteiger partial charge in [0.2, 0.25) is 10.0 Å². The minimum atomic E-state index is -3.51. The van der Waals surface area contributed by atoms with Crippen molar-refractivity contribution in [2.75, 3.05) is 6.26 Å². The molecule has 0 fully saturated rings. The minimum Gasteiger partial charge on any atom is -0.268 e. The van der Waals surface area contributed by atoms with Crippen molar-refractivity contribution in [2.24, 2.45) is 0 Å². The van der Waals surface area contributed by atoms with Crippen molar-refractivity contribution in [1.29, 1.82) is 0 Å². The Labute approximate surface area is 102 Å². The van der Waals surface area contributed by atoms with E-state index in [1.807, 2.05) is 16.9 Å². The molecule has 0 aromatic heterocycles. The van der Waals surface area contributed by atoms with Crippen LogP contribution in [0.2, 0.25) is 0 Å². The molecule has 0 bridgehead atoms. The summed E-state index contributed by atoms with van der Waals surface area (Å²) in [4.78, 5) is 11.5. The molecule has 5 heteroatoms. The third kappa shape index (κ3) is 4.19. The number of amides is 1. The first-order valence-corrected chi connectivity index (χ1v) is 7.11. The van der Waals surface area contributed by atoms with Crippen LogP contribution in [0.5, 0.6) is 0 Å². The van der Waals surface area contributed by atoms with E-state index in [2.05, 4.69) is 20.8 Å². The average Bonchev–Trinajstić information content (AvgIpc) is 2.14. The van der Waals surface area contributed by atoms with E-state index in [0.29, 0.717) is 5.56 Å². The molecule has 0 atom stereocenters. The van der Waals surface area contributed by atoms with Crippen LogP contribution in [0, 0.1) is 0 Å². The molecule has 0 heterocycles. The van der Waals surface area contributed by atoms with Crippen molar-refractivity contribution in [1.82, 2.24) is 4.72 Å². The van der Waals surface area contributed by atoms with Gasteiger partial charge in [-0.05, 0) is 23.1 Å². The molecular formula is C12H17NO3S. The third-order valence-corrected chi connectivity index (χ3v) is 2.85. The Morgan fingerprint density at radius 1 is 1.12 bits per heavy atom. The zero-order valence-electron chi connectivity index (χ0n) is 10.4. The summed E-state index contributed by atoms with van der Waals surface area (Å²) in [6, 6.07) is 6.91. The highest BCUT2D eigenvalue weighted by Crippen LogP contribution is 2.22. The van der Waals surface area contributed by atoms with E-state index < -0.39 is 15.9 Å². The van der Waals surface area contributed by atoms with E-state index in [-0.39, 0.29) is 5.41 Å². The molecule has 1 N–H and O–H groups in total. The van der Waals surface area contributed by atoms with Gasteiger partial charge in [-0.1, -0.05) is 32.9 Å². The fraction of sp³-hybridized carbons (Fsp3) is 0.417. The van der Waals surface area contributed by atoms with Crippen molar-refractivity contribution < 1.29 is 13.2 Å². The number of hydrogen-bond donors (Lipinski definition) is 1. The summed E-state index contributed by atoms with van der Waals surface area (Å²) in [6.07, 6.45) is 0.953. The van der Waals surface area contributed by atoms with Crippen LogP contribution in [0.1, 0.15) is 36.7 Å². The molecule has 0 saturated carbocycles. The van der Waals surface area contributed by atoms with E-state index in [1.54, 1.807) is 12.1 Å². The normalized spacial score (nSPS) is 12.2. The molecule has 0 aliphatic heterocycles. The standard InChI is InChI=1S/C12H17NO3S/c1-12(2,3)10-7-5-9(6-8-10)11(14)13-17(4,15)16/h5-8H,1-4H3,(H,13,14). The summed E-state index contributed by atoms with van der Waals surface area (Å²) < 4.78 is 23.7. The molecule has 0 aliphatic carbocycles. The van der Waals surface area contributed by atoms with Crippen LogP contribution in [0.3, 0.4) is 0 Å². The first kappa shape index (κ1) is 13.7. The maximum absolute atomic E-state index is 11.5. The number of sulfonamides is 1. The van der Waals surface area contributed by atoms with Gasteiger partial charge in [0, 0.05) is 5.56 Å². The quantitative estimate of drug-likeness (QED) is 0.874. The second kappa shape index (κ2) is 4.49. The number of carbonyl (C=O) groups is 1. The lowest BCUT2D eigenvalue weighted by Gasteiger charge is -2.18. The molecule has 1 rings (SSSR count). The van der Waals surface area contributed by atoms with Gasteiger partial charge in [-0.2, -0.15) is 0 Å². The minimum absolute atomic E-state index is 0.00579. The SMILES string of the molecule is CC(C)(C)c1ccc(C(=O)NS(C)(=O)=O)cc1. The molecule has 0 saturated heterocycles. The highest BCUT2D eigenvalue weighted by atomic mass is 32.2. The van der Waals surface area contributed by atoms with Crippen molar-refractivity contribution in [3.05, 3.63) is 35.4 Å². The fourth-order valence-electron chi connectivity index (χ4n) is 1.35. The maximum atomic E-state index is 11.5. The van der Waals surface area contributed by atoms with Crippen molar-refractivity contribution >= 4 is 15.9 Å². The topological polar surface area (TPSA) is 63.2 Å². The van der Waals surface area contributed by atoms with Crippen LogP contribution in [0.15, 0.2) is 24.3 Å². The maximum Gasteiger partial charge on any atom is 0.264 e. The molecule has 0 spiro atoms. The van der Waals surface area contributed by atoms with E-state index in [9.17, 15) is 13.2 Å². The van der Waals surface area contributed by atoms with Gasteiger partial charge in [-0.25, -0.2) is 13.1 Å². The highest BCUT2D eigenvalue weighted by molar-refractivity contribution is 7.89. The smallest absolute Gasteiger partial charge is 0.264 e. The predicted octanol–water partition coefficient (Wildman–Crippen LogP) is 1.67. The van der Waals surface area contributed by atoms with Gasteiger partial charge in [0.1, 0.15) is 0 Å². The molecule has 4 nitrogen and oxygen atoms in total. The van der Waals surface area contributed by atoms with E-state index >= 15 is 0 Å². The summed E-state index contributed by atoms with van der Waals surface area (Å²) in [6.45, 7) is 6.20. The Morgan fingerprint density at radius 2 is 1.59 bits per heavy atom. The lowest BCUT2D eigenvalue weighted by atomic mass is 9.87. The second-order valence-electron chi connectivity index (χ2n) is 5.03. The summed E-state index contributed by atoms with van der Waals surface area (Å²) in [5.74, 6) is -0.604. The van der Waals surface area contributed by atoms with Crippen molar-refractivity contribution in [3.63, 3.8) is 0 Å². The monoisotopic (exact) mass is 255 g/mol. The van der Waals surface area contributed by atoms with E-state index in [0.717, 1.165) is 11.8 Å². The van der Waals surface area contributed by atoms with E-state index in [4.69, 9.17) is 0 Å². The van der Waals surface area contributed by atoms with Gasteiger partial charge < -0.3 is 0 Å². The molecule has 0 aliphatic rings. The van der Waals surface area contributed by atoms with Gasteiger partial charge in [0.05, 0.1) is 6.26 Å². The average molecular weight is 255 g/mol. The van der Waals surface area contributed by atoms with Crippen LogP contribution in [-0.4, -0.2) is 20.6 Å². The number of benzene rings is 1. The summed E-state index contributed by atoms with van der Waals surface area (Å²) in [7, 11) is -3.51. The number of carbonyl (C=O) groups excluding carboxylic acids is 1. The van der Waals surface area contributed by atoms with Gasteiger partial charge in [0.15, 0.2) is 0 Å². The summed E-state index contributed by atoms with van der Waals surface area (Å²) in [5.41, 5.74) is 1.43. The lowest BCUT2D eigenvalue weighted by Crippen LogP contribution is -2.29. The first-order chi connectivity index (χ1) is 7.59. The molecule has 1 aromatic carbocycles. The zero-order valence-corrected chi connectivity index (χ0v) is 11.3. The summed E-state index contributed by atoms with van der Waals surface area (Å²) >= 11 is 0. The number of nitrogens with one attached hydrogen (secondary N) is 1. The third-order valence-electron chi connectivity index (χ3n) is 2.29. The summed E-state index contributed by atoms with van der Waals surface area (Å²) in [5, 5.41) is 0. The molecule has 0 radical (unpaired) electrons. The highest BCUT2D eigenvalue weighted by Gasteiger charge is 2.15. The van der Waals surface area contributed by atoms with Crippen molar-refractivity contribution in [3.8, 4) is 0 Å². The van der Waals surface area contributed by atoms with Crippen LogP contribution in [0.4, 0.5) is 0 Å². The molecule has 1 aromatic rings. The molecular weight excluding hydrogens is 238 g/mol. The fourth-order valence-corrected chi connectivity index (χ4v) is 1.80. The van der Waals surface area contributed by atoms with E-state index in [1.165, 1.54) is 0 Å². The Kier molecular flexibility index (Phi) is 3.62.